The van der Waals surface area contributed by atoms with Crippen LogP contribution in [0.3, 0.4) is 0 Å². The second-order valence-electron chi connectivity index (χ2n) is 4.62. The zero-order valence-electron chi connectivity index (χ0n) is 10.2. The Hall–Kier alpha value is -1.36. The highest BCUT2D eigenvalue weighted by molar-refractivity contribution is 7.09. The first kappa shape index (κ1) is 13.1. The van der Waals surface area contributed by atoms with Gasteiger partial charge in [0.1, 0.15) is 0 Å². The Morgan fingerprint density at radius 2 is 2.33 bits per heavy atom. The van der Waals surface area contributed by atoms with E-state index in [2.05, 4.69) is 11.4 Å². The average Bonchev–Trinajstić information content (AvgIpc) is 2.94. The maximum absolute atomic E-state index is 11.6. The topological polar surface area (TPSA) is 57.6 Å². The molecule has 1 unspecified atom stereocenters. The van der Waals surface area contributed by atoms with Gasteiger partial charge in [0.25, 0.3) is 0 Å². The predicted molar refractivity (Wildman–Crippen MR) is 69.6 cm³/mol. The molecule has 98 valence electrons. The van der Waals surface area contributed by atoms with Crippen LogP contribution >= 0.6 is 11.3 Å². The van der Waals surface area contributed by atoms with Crippen molar-refractivity contribution in [3.8, 4) is 0 Å². The van der Waals surface area contributed by atoms with E-state index in [0.29, 0.717) is 13.1 Å². The third-order valence-corrected chi connectivity index (χ3v) is 4.18. The van der Waals surface area contributed by atoms with Crippen LogP contribution in [0, 0.1) is 5.92 Å². The Balaban J connectivity index is 1.68. The fraction of sp³-hybridized carbons (Fsp3) is 0.538. The number of carbonyl (C=O) groups excluding carboxylic acids is 1. The number of likely N-dealkylation sites (tertiary alicyclic amines) is 1. The molecule has 1 N–H and O–H groups in total. The monoisotopic (exact) mass is 267 g/mol. The number of unbranched alkanes of at least 4 members (excludes halogenated alkanes) is 1. The minimum absolute atomic E-state index is 0.0153. The third kappa shape index (κ3) is 3.32. The quantitative estimate of drug-likeness (QED) is 0.802. The van der Waals surface area contributed by atoms with E-state index in [0.717, 1.165) is 19.3 Å². The van der Waals surface area contributed by atoms with Gasteiger partial charge in [-0.05, 0) is 30.7 Å². The van der Waals surface area contributed by atoms with E-state index < -0.39 is 11.9 Å². The Kier molecular flexibility index (Phi) is 4.36. The molecule has 0 bridgehead atoms. The van der Waals surface area contributed by atoms with Crippen LogP contribution < -0.4 is 0 Å². The van der Waals surface area contributed by atoms with Crippen LogP contribution in [0.4, 0.5) is 0 Å². The fourth-order valence-electron chi connectivity index (χ4n) is 2.21. The molecule has 18 heavy (non-hydrogen) atoms. The summed E-state index contributed by atoms with van der Waals surface area (Å²) in [7, 11) is 0. The molecule has 2 rings (SSSR count). The summed E-state index contributed by atoms with van der Waals surface area (Å²) in [6.07, 6.45) is 3.19. The van der Waals surface area contributed by atoms with Gasteiger partial charge in [-0.25, -0.2) is 0 Å². The van der Waals surface area contributed by atoms with Gasteiger partial charge in [-0.1, -0.05) is 6.07 Å². The molecule has 1 aliphatic rings. The molecule has 1 atom stereocenters. The zero-order chi connectivity index (χ0) is 13.0. The van der Waals surface area contributed by atoms with Crippen molar-refractivity contribution in [2.75, 3.05) is 13.1 Å². The minimum atomic E-state index is -0.857. The van der Waals surface area contributed by atoms with Crippen LogP contribution in [0.25, 0.3) is 0 Å². The standard InChI is InChI=1S/C13H17NO3S/c15-12-8-10(13(16)17)9-14(12)6-2-1-4-11-5-3-7-18-11/h3,5,7,10H,1-2,4,6,8-9H2,(H,16,17). The molecular weight excluding hydrogens is 250 g/mol. The summed E-state index contributed by atoms with van der Waals surface area (Å²) >= 11 is 1.75. The number of rotatable bonds is 6. The van der Waals surface area contributed by atoms with Gasteiger partial charge >= 0.3 is 5.97 Å². The highest BCUT2D eigenvalue weighted by Gasteiger charge is 2.33. The lowest BCUT2D eigenvalue weighted by atomic mass is 10.1. The maximum Gasteiger partial charge on any atom is 0.308 e. The number of hydrogen-bond acceptors (Lipinski definition) is 3. The summed E-state index contributed by atoms with van der Waals surface area (Å²) in [5, 5.41) is 10.9. The Morgan fingerprint density at radius 1 is 1.50 bits per heavy atom. The molecule has 2 heterocycles. The molecule has 1 saturated heterocycles. The van der Waals surface area contributed by atoms with Crippen LogP contribution in [0.5, 0.6) is 0 Å². The van der Waals surface area contributed by atoms with Crippen molar-refractivity contribution < 1.29 is 14.7 Å². The van der Waals surface area contributed by atoms with E-state index in [1.165, 1.54) is 4.88 Å². The van der Waals surface area contributed by atoms with Crippen LogP contribution in [0.2, 0.25) is 0 Å². The van der Waals surface area contributed by atoms with E-state index in [-0.39, 0.29) is 12.3 Å². The first-order chi connectivity index (χ1) is 8.66. The molecule has 5 heteroatoms. The number of amides is 1. The number of thiophene rings is 1. The molecule has 1 amide bonds. The molecule has 0 aliphatic carbocycles. The zero-order valence-corrected chi connectivity index (χ0v) is 11.0. The molecule has 1 aromatic rings. The number of nitrogens with zero attached hydrogens (tertiary/aromatic N) is 1. The van der Waals surface area contributed by atoms with Gasteiger partial charge in [0.15, 0.2) is 0 Å². The van der Waals surface area contributed by atoms with E-state index in [9.17, 15) is 9.59 Å². The second kappa shape index (κ2) is 6.00. The van der Waals surface area contributed by atoms with Gasteiger partial charge in [0.2, 0.25) is 5.91 Å². The largest absolute Gasteiger partial charge is 0.481 e. The number of hydrogen-bond donors (Lipinski definition) is 1. The predicted octanol–water partition coefficient (Wildman–Crippen LogP) is 2.00. The summed E-state index contributed by atoms with van der Waals surface area (Å²) in [5.41, 5.74) is 0. The van der Waals surface area contributed by atoms with Gasteiger partial charge < -0.3 is 10.0 Å². The molecule has 0 spiro atoms. The molecule has 0 aromatic carbocycles. The van der Waals surface area contributed by atoms with Gasteiger partial charge in [-0.15, -0.1) is 11.3 Å². The number of carbonyl (C=O) groups is 2. The fourth-order valence-corrected chi connectivity index (χ4v) is 2.96. The van der Waals surface area contributed by atoms with E-state index in [1.54, 1.807) is 16.2 Å². The van der Waals surface area contributed by atoms with Crippen molar-refractivity contribution in [2.45, 2.75) is 25.7 Å². The molecule has 4 nitrogen and oxygen atoms in total. The lowest BCUT2D eigenvalue weighted by molar-refractivity contribution is -0.141. The van der Waals surface area contributed by atoms with Crippen LogP contribution in [-0.4, -0.2) is 35.0 Å². The highest BCUT2D eigenvalue weighted by atomic mass is 32.1. The Morgan fingerprint density at radius 3 is 2.94 bits per heavy atom. The van der Waals surface area contributed by atoms with E-state index in [4.69, 9.17) is 5.11 Å². The molecule has 1 aliphatic heterocycles. The molecular formula is C13H17NO3S. The lowest BCUT2D eigenvalue weighted by Crippen LogP contribution is -2.27. The first-order valence-corrected chi connectivity index (χ1v) is 7.08. The molecule has 0 saturated carbocycles. The average molecular weight is 267 g/mol. The van der Waals surface area contributed by atoms with Crippen LogP contribution in [0.1, 0.15) is 24.1 Å². The van der Waals surface area contributed by atoms with Crippen molar-refractivity contribution in [3.05, 3.63) is 22.4 Å². The SMILES string of the molecule is O=C(O)C1CC(=O)N(CCCCc2cccs2)C1. The summed E-state index contributed by atoms with van der Waals surface area (Å²) in [6, 6.07) is 4.16. The smallest absolute Gasteiger partial charge is 0.308 e. The number of aryl methyl sites for hydroxylation is 1. The summed E-state index contributed by atoms with van der Waals surface area (Å²) in [6.45, 7) is 1.07. The van der Waals surface area contributed by atoms with Gasteiger partial charge in [0.05, 0.1) is 5.92 Å². The maximum atomic E-state index is 11.6. The van der Waals surface area contributed by atoms with Gasteiger partial charge in [0, 0.05) is 24.4 Å². The summed E-state index contributed by atoms with van der Waals surface area (Å²) < 4.78 is 0. The Labute approximate surface area is 110 Å². The van der Waals surface area contributed by atoms with Crippen LogP contribution in [-0.2, 0) is 16.0 Å². The highest BCUT2D eigenvalue weighted by Crippen LogP contribution is 2.19. The van der Waals surface area contributed by atoms with E-state index >= 15 is 0 Å². The van der Waals surface area contributed by atoms with Crippen molar-refractivity contribution in [3.63, 3.8) is 0 Å². The number of aliphatic carboxylic acids is 1. The molecule has 1 aromatic heterocycles. The van der Waals surface area contributed by atoms with Crippen molar-refractivity contribution in [1.29, 1.82) is 0 Å². The van der Waals surface area contributed by atoms with Crippen molar-refractivity contribution in [2.24, 2.45) is 5.92 Å². The van der Waals surface area contributed by atoms with Crippen molar-refractivity contribution in [1.82, 2.24) is 4.90 Å². The Bertz CT molecular complexity index is 416. The third-order valence-electron chi connectivity index (χ3n) is 3.25. The molecule has 0 radical (unpaired) electrons. The first-order valence-electron chi connectivity index (χ1n) is 6.20. The second-order valence-corrected chi connectivity index (χ2v) is 5.65. The van der Waals surface area contributed by atoms with E-state index in [1.807, 2.05) is 6.07 Å². The summed E-state index contributed by atoms with van der Waals surface area (Å²) in [5.74, 6) is -1.38. The molecule has 1 fully saturated rings. The van der Waals surface area contributed by atoms with Gasteiger partial charge in [-0.3, -0.25) is 9.59 Å². The van der Waals surface area contributed by atoms with Crippen LogP contribution in [0.15, 0.2) is 17.5 Å². The number of carboxylic acid groups (broad SMARTS) is 1. The number of carboxylic acids is 1. The lowest BCUT2D eigenvalue weighted by Gasteiger charge is -2.15. The minimum Gasteiger partial charge on any atom is -0.481 e. The van der Waals surface area contributed by atoms with Crippen molar-refractivity contribution >= 4 is 23.2 Å². The summed E-state index contributed by atoms with van der Waals surface area (Å²) in [4.78, 5) is 25.4. The normalized spacial score (nSPS) is 19.4. The van der Waals surface area contributed by atoms with Gasteiger partial charge in [-0.2, -0.15) is 0 Å².